The number of carbonyl (C=O) groups is 2. The SMILES string of the molecule is CC(C)(C)OC(=O)N[C@@H](Cc1c[nH]cn1)C(=O)c1c([N+](=O)[O-])ccc(N[C@@H](CC2CCCCC2)[C@@H](O)CCCc2ccccn2)c1[N+](=O)[O-]. The van der Waals surface area contributed by atoms with Crippen LogP contribution in [0.5, 0.6) is 0 Å². The fourth-order valence-corrected chi connectivity index (χ4v) is 6.26. The summed E-state index contributed by atoms with van der Waals surface area (Å²) in [5.41, 5.74) is -2.25. The van der Waals surface area contributed by atoms with Crippen LogP contribution < -0.4 is 10.6 Å². The predicted octanol–water partition coefficient (Wildman–Crippen LogP) is 6.07. The van der Waals surface area contributed by atoms with Gasteiger partial charge in [-0.2, -0.15) is 0 Å². The Morgan fingerprint density at radius 1 is 1.06 bits per heavy atom. The molecule has 3 aromatic rings. The van der Waals surface area contributed by atoms with Crippen LogP contribution in [0.1, 0.15) is 93.9 Å². The number of nitrogens with zero attached hydrogens (tertiary/aromatic N) is 4. The molecular formula is C34H45N7O8. The monoisotopic (exact) mass is 679 g/mol. The van der Waals surface area contributed by atoms with E-state index < -0.39 is 62.5 Å². The lowest BCUT2D eigenvalue weighted by atomic mass is 9.83. The fraction of sp³-hybridized carbons (Fsp3) is 0.529. The van der Waals surface area contributed by atoms with Crippen molar-refractivity contribution in [3.63, 3.8) is 0 Å². The zero-order chi connectivity index (χ0) is 35.6. The smallest absolute Gasteiger partial charge is 0.408 e. The molecule has 0 saturated heterocycles. The third kappa shape index (κ3) is 10.8. The average molecular weight is 680 g/mol. The van der Waals surface area contributed by atoms with E-state index in [9.17, 15) is 34.9 Å². The first kappa shape index (κ1) is 36.9. The fourth-order valence-electron chi connectivity index (χ4n) is 6.26. The largest absolute Gasteiger partial charge is 0.444 e. The van der Waals surface area contributed by atoms with Crippen molar-refractivity contribution in [3.05, 3.63) is 86.2 Å². The van der Waals surface area contributed by atoms with E-state index in [4.69, 9.17) is 4.74 Å². The zero-order valence-corrected chi connectivity index (χ0v) is 28.1. The number of Topliss-reactive ketones (excluding diaryl/α,β-unsaturated/α-hetero) is 1. The third-order valence-electron chi connectivity index (χ3n) is 8.53. The lowest BCUT2D eigenvalue weighted by Crippen LogP contribution is -2.45. The van der Waals surface area contributed by atoms with Gasteiger partial charge in [0.05, 0.1) is 34.0 Å². The molecule has 1 aliphatic rings. The Hall–Kier alpha value is -4.92. The Kier molecular flexibility index (Phi) is 12.8. The molecule has 2 heterocycles. The summed E-state index contributed by atoms with van der Waals surface area (Å²) in [4.78, 5) is 61.4. The molecule has 264 valence electrons. The van der Waals surface area contributed by atoms with Gasteiger partial charge >= 0.3 is 11.8 Å². The number of aliphatic hydroxyl groups excluding tert-OH is 1. The Bertz CT molecular complexity index is 1570. The molecule has 0 radical (unpaired) electrons. The minimum atomic E-state index is -1.50. The van der Waals surface area contributed by atoms with Gasteiger partial charge in [-0.15, -0.1) is 0 Å². The Labute approximate surface area is 284 Å². The van der Waals surface area contributed by atoms with Crippen LogP contribution in [0.4, 0.5) is 21.9 Å². The molecule has 1 saturated carbocycles. The summed E-state index contributed by atoms with van der Waals surface area (Å²) >= 11 is 0. The highest BCUT2D eigenvalue weighted by atomic mass is 16.6. The van der Waals surface area contributed by atoms with Gasteiger partial charge in [0.25, 0.3) is 5.69 Å². The number of alkyl carbamates (subject to hydrolysis) is 1. The van der Waals surface area contributed by atoms with Crippen molar-refractivity contribution in [2.45, 2.75) is 109 Å². The molecule has 0 aliphatic heterocycles. The Balaban J connectivity index is 1.70. The number of ketones is 1. The Morgan fingerprint density at radius 3 is 2.43 bits per heavy atom. The molecule has 3 atom stereocenters. The average Bonchev–Trinajstić information content (AvgIpc) is 3.56. The first-order valence-electron chi connectivity index (χ1n) is 16.6. The molecule has 2 aromatic heterocycles. The molecule has 0 unspecified atom stereocenters. The van der Waals surface area contributed by atoms with E-state index >= 15 is 0 Å². The van der Waals surface area contributed by atoms with Crippen LogP contribution >= 0.6 is 0 Å². The molecule has 1 amide bonds. The number of nitrogens with one attached hydrogen (secondary N) is 3. The van der Waals surface area contributed by atoms with E-state index in [-0.39, 0.29) is 18.0 Å². The summed E-state index contributed by atoms with van der Waals surface area (Å²) in [5.74, 6) is -0.790. The van der Waals surface area contributed by atoms with Crippen LogP contribution in [0.2, 0.25) is 0 Å². The lowest BCUT2D eigenvalue weighted by molar-refractivity contribution is -0.394. The normalized spacial score (nSPS) is 15.5. The molecule has 0 spiro atoms. The first-order chi connectivity index (χ1) is 23.3. The number of hydrogen-bond acceptors (Lipinski definition) is 11. The maximum Gasteiger partial charge on any atom is 0.408 e. The molecule has 1 fully saturated rings. The van der Waals surface area contributed by atoms with Crippen LogP contribution in [0.25, 0.3) is 0 Å². The molecule has 49 heavy (non-hydrogen) atoms. The van der Waals surface area contributed by atoms with Gasteiger partial charge in [-0.3, -0.25) is 30.0 Å². The van der Waals surface area contributed by atoms with E-state index in [2.05, 4.69) is 25.6 Å². The van der Waals surface area contributed by atoms with Crippen molar-refractivity contribution in [1.82, 2.24) is 20.3 Å². The number of aliphatic hydroxyl groups is 1. The van der Waals surface area contributed by atoms with Gasteiger partial charge in [-0.25, -0.2) is 9.78 Å². The second-order valence-corrected chi connectivity index (χ2v) is 13.5. The number of pyridine rings is 1. The summed E-state index contributed by atoms with van der Waals surface area (Å²) in [7, 11) is 0. The maximum absolute atomic E-state index is 14.2. The van der Waals surface area contributed by atoms with Crippen molar-refractivity contribution < 1.29 is 29.3 Å². The second kappa shape index (κ2) is 17.0. The number of aryl methyl sites for hydroxylation is 1. The standard InChI is InChI=1S/C34H45N7O8/c1-34(2,3)49-33(44)39-27(19-24-20-35-21-37-24)32(43)30-28(40(45)46)16-15-25(31(30)41(47)48)38-26(18-22-10-5-4-6-11-22)29(42)14-9-13-23-12-7-8-17-36-23/h7-8,12,15-17,20-22,26-27,29,38,42H,4-6,9-11,13-14,18-19H2,1-3H3,(H,35,37)(H,39,44)/t26-,27-,29-/m0/s1. The van der Waals surface area contributed by atoms with Crippen molar-refractivity contribution in [2.75, 3.05) is 5.32 Å². The van der Waals surface area contributed by atoms with Gasteiger partial charge in [0.2, 0.25) is 0 Å². The number of hydrogen-bond donors (Lipinski definition) is 4. The van der Waals surface area contributed by atoms with Crippen LogP contribution in [0.15, 0.2) is 49.1 Å². The molecule has 4 rings (SSSR count). The summed E-state index contributed by atoms with van der Waals surface area (Å²) in [5, 5.41) is 42.0. The van der Waals surface area contributed by atoms with Crippen LogP contribution in [0, 0.1) is 26.1 Å². The quantitative estimate of drug-likeness (QED) is 0.0773. The minimum absolute atomic E-state index is 0.140. The van der Waals surface area contributed by atoms with Crippen molar-refractivity contribution >= 4 is 28.9 Å². The number of benzene rings is 1. The van der Waals surface area contributed by atoms with Gasteiger partial charge in [-0.1, -0.05) is 38.2 Å². The molecule has 15 nitrogen and oxygen atoms in total. The van der Waals surface area contributed by atoms with E-state index in [1.54, 1.807) is 27.0 Å². The van der Waals surface area contributed by atoms with Gasteiger partial charge in [-0.05, 0) is 70.6 Å². The number of aromatic amines is 1. The van der Waals surface area contributed by atoms with Crippen LogP contribution in [-0.4, -0.2) is 65.6 Å². The van der Waals surface area contributed by atoms with E-state index in [1.165, 1.54) is 18.6 Å². The summed E-state index contributed by atoms with van der Waals surface area (Å²) < 4.78 is 5.32. The first-order valence-corrected chi connectivity index (χ1v) is 16.6. The number of anilines is 1. The third-order valence-corrected chi connectivity index (χ3v) is 8.53. The highest BCUT2D eigenvalue weighted by Crippen LogP contribution is 2.38. The molecule has 4 N–H and O–H groups in total. The topological polar surface area (TPSA) is 216 Å². The summed E-state index contributed by atoms with van der Waals surface area (Å²) in [6.45, 7) is 4.87. The van der Waals surface area contributed by atoms with E-state index in [0.717, 1.165) is 43.9 Å². The maximum atomic E-state index is 14.2. The number of rotatable bonds is 16. The molecule has 1 aliphatic carbocycles. The number of imidazole rings is 1. The second-order valence-electron chi connectivity index (χ2n) is 13.5. The van der Waals surface area contributed by atoms with Gasteiger partial charge in [0.15, 0.2) is 11.3 Å². The highest BCUT2D eigenvalue weighted by molar-refractivity contribution is 6.09. The number of nitro groups is 2. The minimum Gasteiger partial charge on any atom is -0.444 e. The summed E-state index contributed by atoms with van der Waals surface area (Å²) in [6, 6.07) is 5.71. The van der Waals surface area contributed by atoms with Crippen LogP contribution in [0.3, 0.4) is 0 Å². The number of carbonyl (C=O) groups excluding carboxylic acids is 2. The highest BCUT2D eigenvalue weighted by Gasteiger charge is 2.39. The number of amides is 1. The number of aromatic nitrogens is 3. The van der Waals surface area contributed by atoms with Gasteiger partial charge < -0.3 is 25.5 Å². The van der Waals surface area contributed by atoms with Crippen LogP contribution in [-0.2, 0) is 17.6 Å². The molecule has 0 bridgehead atoms. The van der Waals surface area contributed by atoms with Gasteiger partial charge in [0.1, 0.15) is 17.3 Å². The molecule has 1 aromatic carbocycles. The lowest BCUT2D eigenvalue weighted by Gasteiger charge is -2.31. The Morgan fingerprint density at radius 2 is 1.82 bits per heavy atom. The van der Waals surface area contributed by atoms with Gasteiger partial charge in [0, 0.05) is 30.6 Å². The molecule has 15 heteroatoms. The zero-order valence-electron chi connectivity index (χ0n) is 28.1. The van der Waals surface area contributed by atoms with Crippen molar-refractivity contribution in [2.24, 2.45) is 5.92 Å². The van der Waals surface area contributed by atoms with E-state index in [0.29, 0.717) is 31.4 Å². The number of H-pyrrole nitrogens is 1. The molecular weight excluding hydrogens is 634 g/mol. The van der Waals surface area contributed by atoms with E-state index in [1.807, 2.05) is 18.2 Å². The number of nitro benzene ring substituents is 2. The predicted molar refractivity (Wildman–Crippen MR) is 181 cm³/mol. The van der Waals surface area contributed by atoms with Crippen molar-refractivity contribution in [3.8, 4) is 0 Å². The van der Waals surface area contributed by atoms with Crippen molar-refractivity contribution in [1.29, 1.82) is 0 Å². The summed E-state index contributed by atoms with van der Waals surface area (Å²) in [6.07, 6.45) is 9.66. The number of ether oxygens (including phenoxy) is 1.